The van der Waals surface area contributed by atoms with Crippen molar-refractivity contribution >= 4 is 39.4 Å². The molecule has 0 atom stereocenters. The van der Waals surface area contributed by atoms with Gasteiger partial charge in [0.05, 0.1) is 69.3 Å². The van der Waals surface area contributed by atoms with E-state index < -0.39 is 43.8 Å². The minimum atomic E-state index is -4.16. The number of benzene rings is 3. The molecule has 15 heteroatoms. The predicted molar refractivity (Wildman–Crippen MR) is 184 cm³/mol. The number of methoxy groups -OCH3 is 2. The maximum atomic E-state index is 15.4. The van der Waals surface area contributed by atoms with E-state index in [1.54, 1.807) is 22.9 Å². The Morgan fingerprint density at radius 1 is 1.02 bits per heavy atom. The number of sulfonamides is 1. The molecule has 0 saturated carbocycles. The molecule has 1 aromatic heterocycles. The molecule has 0 bridgehead atoms. The van der Waals surface area contributed by atoms with Crippen LogP contribution in [0.4, 0.5) is 13.2 Å². The number of carbonyl (C=O) groups is 1. The molecule has 0 amide bonds. The largest absolute Gasteiger partial charge is 0.495 e. The number of nitrogens with one attached hydrogen (secondary N) is 1. The summed E-state index contributed by atoms with van der Waals surface area (Å²) in [6.45, 7) is 4.64. The highest BCUT2D eigenvalue weighted by Crippen LogP contribution is 2.39. The Morgan fingerprint density at radius 2 is 1.69 bits per heavy atom. The van der Waals surface area contributed by atoms with Crippen LogP contribution in [0.1, 0.15) is 47.4 Å². The van der Waals surface area contributed by atoms with E-state index in [2.05, 4.69) is 9.71 Å². The fourth-order valence-electron chi connectivity index (χ4n) is 5.10. The number of imidazole rings is 1. The van der Waals surface area contributed by atoms with Crippen LogP contribution in [-0.4, -0.2) is 76.9 Å². The van der Waals surface area contributed by atoms with Crippen LogP contribution in [0.2, 0.25) is 5.02 Å². The molecular weight excluding hydrogens is 701 g/mol. The van der Waals surface area contributed by atoms with Crippen LogP contribution in [0.25, 0.3) is 5.69 Å². The summed E-state index contributed by atoms with van der Waals surface area (Å²) in [7, 11) is 4.39. The van der Waals surface area contributed by atoms with Crippen molar-refractivity contribution in [3.8, 4) is 11.4 Å². The molecule has 4 aromatic rings. The first kappa shape index (κ1) is 38.2. The summed E-state index contributed by atoms with van der Waals surface area (Å²) in [6, 6.07) is 10.7. The molecule has 4 rings (SSSR count). The molecule has 0 aliphatic rings. The second-order valence-electron chi connectivity index (χ2n) is 12.8. The zero-order valence-corrected chi connectivity index (χ0v) is 30.6. The SMILES string of the molecule is COC(=O)c1cc(-n2c(C(C)(C)c3ccc(Cl)c(OC)c3)cnc2SCc2c(F)cc(S(=O)(=O)NCCC[N+](C)(C)C)cc2F)ccc1F. The topological polar surface area (TPSA) is 99.5 Å². The van der Waals surface area contributed by atoms with Gasteiger partial charge in [-0.1, -0.05) is 43.3 Å². The highest BCUT2D eigenvalue weighted by molar-refractivity contribution is 7.98. The van der Waals surface area contributed by atoms with Crippen LogP contribution in [0.15, 0.2) is 64.8 Å². The standard InChI is InChI=1S/C34H39ClF3N4O5S2/c1-34(2,21-9-11-26(35)30(15-21)46-6)31-19-39-33(41(31)22-10-12-27(36)24(16-22)32(43)47-7)48-20-25-28(37)17-23(18-29(25)38)49(44,45)40-13-8-14-42(3,4)5/h9-12,15-19,40H,8,13-14,20H2,1-7H3/q+1. The summed E-state index contributed by atoms with van der Waals surface area (Å²) >= 11 is 7.25. The Bertz CT molecular complexity index is 1940. The summed E-state index contributed by atoms with van der Waals surface area (Å²) < 4.78 is 85.9. The van der Waals surface area contributed by atoms with Crippen LogP contribution < -0.4 is 9.46 Å². The predicted octanol–water partition coefficient (Wildman–Crippen LogP) is 6.73. The Labute approximate surface area is 294 Å². The van der Waals surface area contributed by atoms with Gasteiger partial charge in [0.25, 0.3) is 0 Å². The van der Waals surface area contributed by atoms with Crippen LogP contribution >= 0.6 is 23.4 Å². The number of ether oxygens (including phenoxy) is 2. The minimum Gasteiger partial charge on any atom is -0.495 e. The number of carbonyl (C=O) groups excluding carboxylic acids is 1. The summed E-state index contributed by atoms with van der Waals surface area (Å²) in [5.74, 6) is -3.60. The Balaban J connectivity index is 1.72. The number of esters is 1. The number of halogens is 4. The van der Waals surface area contributed by atoms with Gasteiger partial charge in [0, 0.05) is 35.4 Å². The molecule has 0 radical (unpaired) electrons. The number of thioether (sulfide) groups is 1. The van der Waals surface area contributed by atoms with E-state index in [9.17, 15) is 17.6 Å². The number of nitrogens with zero attached hydrogens (tertiary/aromatic N) is 3. The molecule has 0 saturated heterocycles. The van der Waals surface area contributed by atoms with E-state index in [0.29, 0.717) is 39.6 Å². The van der Waals surface area contributed by atoms with Crippen molar-refractivity contribution in [3.05, 3.63) is 99.6 Å². The monoisotopic (exact) mass is 739 g/mol. The first-order valence-electron chi connectivity index (χ1n) is 15.1. The van der Waals surface area contributed by atoms with E-state index in [4.69, 9.17) is 21.1 Å². The van der Waals surface area contributed by atoms with Crippen LogP contribution in [0, 0.1) is 17.5 Å². The summed E-state index contributed by atoms with van der Waals surface area (Å²) in [6.07, 6.45) is 2.12. The van der Waals surface area contributed by atoms with Crippen LogP contribution in [-0.2, 0) is 25.9 Å². The van der Waals surface area contributed by atoms with Gasteiger partial charge in [0.2, 0.25) is 10.0 Å². The van der Waals surface area contributed by atoms with Crippen molar-refractivity contribution in [2.24, 2.45) is 0 Å². The van der Waals surface area contributed by atoms with E-state index >= 15 is 8.78 Å². The summed E-state index contributed by atoms with van der Waals surface area (Å²) in [4.78, 5) is 16.4. The molecule has 3 aromatic carbocycles. The van der Waals surface area contributed by atoms with Gasteiger partial charge in [-0.3, -0.25) is 4.57 Å². The molecule has 0 aliphatic heterocycles. The zero-order valence-electron chi connectivity index (χ0n) is 28.2. The van der Waals surface area contributed by atoms with Gasteiger partial charge in [-0.2, -0.15) is 0 Å². The Morgan fingerprint density at radius 3 is 2.31 bits per heavy atom. The molecule has 1 N–H and O–H groups in total. The number of quaternary nitrogens is 1. The third-order valence-corrected chi connectivity index (χ3v) is 10.7. The van der Waals surface area contributed by atoms with Crippen LogP contribution in [0.3, 0.4) is 0 Å². The van der Waals surface area contributed by atoms with Gasteiger partial charge in [-0.05, 0) is 48.0 Å². The van der Waals surface area contributed by atoms with E-state index in [-0.39, 0.29) is 28.6 Å². The molecular formula is C34H39ClF3N4O5S2+. The highest BCUT2D eigenvalue weighted by atomic mass is 35.5. The summed E-state index contributed by atoms with van der Waals surface area (Å²) in [5, 5.41) is 0.674. The maximum absolute atomic E-state index is 15.4. The lowest BCUT2D eigenvalue weighted by Gasteiger charge is -2.28. The molecule has 0 aliphatic carbocycles. The number of rotatable bonds is 14. The molecule has 0 unspecified atom stereocenters. The van der Waals surface area contributed by atoms with Crippen molar-refractivity contribution < 1.29 is 40.3 Å². The highest BCUT2D eigenvalue weighted by Gasteiger charge is 2.31. The number of hydrogen-bond donors (Lipinski definition) is 1. The van der Waals surface area contributed by atoms with Crippen molar-refractivity contribution in [2.45, 2.75) is 41.5 Å². The Kier molecular flexibility index (Phi) is 11.8. The first-order valence-corrected chi connectivity index (χ1v) is 18.0. The lowest BCUT2D eigenvalue weighted by molar-refractivity contribution is -0.870. The lowest BCUT2D eigenvalue weighted by Crippen LogP contribution is -2.37. The van der Waals surface area contributed by atoms with Crippen LogP contribution in [0.5, 0.6) is 5.75 Å². The zero-order chi connectivity index (χ0) is 36.3. The van der Waals surface area contributed by atoms with E-state index in [1.807, 2.05) is 41.1 Å². The quantitative estimate of drug-likeness (QED) is 0.0663. The molecule has 1 heterocycles. The maximum Gasteiger partial charge on any atom is 0.340 e. The minimum absolute atomic E-state index is 0.115. The van der Waals surface area contributed by atoms with Gasteiger partial charge in [0.15, 0.2) is 5.16 Å². The van der Waals surface area contributed by atoms with Gasteiger partial charge in [0.1, 0.15) is 23.2 Å². The number of hydrogen-bond acceptors (Lipinski definition) is 7. The fraction of sp³-hybridized carbons (Fsp3) is 0.353. The fourth-order valence-corrected chi connectivity index (χ4v) is 7.40. The third-order valence-electron chi connectivity index (χ3n) is 7.92. The average Bonchev–Trinajstić information content (AvgIpc) is 3.47. The van der Waals surface area contributed by atoms with Crippen molar-refractivity contribution in [2.75, 3.05) is 48.5 Å². The second-order valence-corrected chi connectivity index (χ2v) is 15.9. The average molecular weight is 740 g/mol. The molecule has 49 heavy (non-hydrogen) atoms. The first-order chi connectivity index (χ1) is 22.9. The van der Waals surface area contributed by atoms with E-state index in [0.717, 1.165) is 42.6 Å². The van der Waals surface area contributed by atoms with Crippen molar-refractivity contribution in [1.29, 1.82) is 0 Å². The summed E-state index contributed by atoms with van der Waals surface area (Å²) in [5.41, 5.74) is 0.226. The van der Waals surface area contributed by atoms with Crippen molar-refractivity contribution in [1.82, 2.24) is 14.3 Å². The van der Waals surface area contributed by atoms with Gasteiger partial charge in [-0.25, -0.2) is 36.1 Å². The third kappa shape index (κ3) is 8.79. The second kappa shape index (κ2) is 15.1. The molecule has 0 spiro atoms. The molecule has 264 valence electrons. The van der Waals surface area contributed by atoms with E-state index in [1.165, 1.54) is 19.2 Å². The molecule has 9 nitrogen and oxygen atoms in total. The number of aromatic nitrogens is 2. The van der Waals surface area contributed by atoms with Gasteiger partial charge < -0.3 is 14.0 Å². The molecule has 0 fully saturated rings. The smallest absolute Gasteiger partial charge is 0.340 e. The van der Waals surface area contributed by atoms with Gasteiger partial charge in [-0.15, -0.1) is 0 Å². The Hall–Kier alpha value is -3.56. The lowest BCUT2D eigenvalue weighted by atomic mass is 9.81. The normalized spacial score (nSPS) is 12.3. The van der Waals surface area contributed by atoms with Gasteiger partial charge >= 0.3 is 5.97 Å². The van der Waals surface area contributed by atoms with Crippen molar-refractivity contribution in [3.63, 3.8) is 0 Å².